The summed E-state index contributed by atoms with van der Waals surface area (Å²) >= 11 is 0. The molecule has 0 radical (unpaired) electrons. The Morgan fingerprint density at radius 2 is 2.17 bits per heavy atom. The molecule has 1 aliphatic heterocycles. The first kappa shape index (κ1) is 17.2. The first-order valence-electron chi connectivity index (χ1n) is 8.14. The molecule has 0 spiro atoms. The third-order valence-corrected chi connectivity index (χ3v) is 3.94. The number of amides is 2. The van der Waals surface area contributed by atoms with Gasteiger partial charge < -0.3 is 15.5 Å². The van der Waals surface area contributed by atoms with Crippen LogP contribution in [0.2, 0.25) is 0 Å². The van der Waals surface area contributed by atoms with Crippen molar-refractivity contribution in [1.29, 1.82) is 0 Å². The summed E-state index contributed by atoms with van der Waals surface area (Å²) in [5.74, 6) is -0.0807. The standard InChI is InChI=1S/C18H25N3O2/c1-2-3-7-11-21-12-10-19-16(18(21)23)13-17(22)20-14-15-8-5-4-6-9-15/h2,4-6,8-9,16,19H,1,3,7,10-14H2,(H,20,22). The largest absolute Gasteiger partial charge is 0.352 e. The Labute approximate surface area is 137 Å². The molecule has 5 nitrogen and oxygen atoms in total. The van der Waals surface area contributed by atoms with Crippen molar-refractivity contribution in [2.75, 3.05) is 19.6 Å². The van der Waals surface area contributed by atoms with Crippen molar-refractivity contribution in [1.82, 2.24) is 15.5 Å². The molecule has 2 N–H and O–H groups in total. The predicted molar refractivity (Wildman–Crippen MR) is 90.7 cm³/mol. The molecule has 1 aliphatic rings. The van der Waals surface area contributed by atoms with Crippen LogP contribution in [0.25, 0.3) is 0 Å². The quantitative estimate of drug-likeness (QED) is 0.564. The Morgan fingerprint density at radius 1 is 1.39 bits per heavy atom. The van der Waals surface area contributed by atoms with E-state index >= 15 is 0 Å². The highest BCUT2D eigenvalue weighted by Crippen LogP contribution is 2.07. The van der Waals surface area contributed by atoms with Crippen molar-refractivity contribution in [2.45, 2.75) is 31.8 Å². The Kier molecular flexibility index (Phi) is 6.81. The zero-order valence-corrected chi connectivity index (χ0v) is 13.5. The lowest BCUT2D eigenvalue weighted by molar-refractivity contribution is -0.138. The van der Waals surface area contributed by atoms with Gasteiger partial charge in [0.15, 0.2) is 0 Å². The second-order valence-electron chi connectivity index (χ2n) is 5.73. The maximum absolute atomic E-state index is 12.4. The smallest absolute Gasteiger partial charge is 0.240 e. The van der Waals surface area contributed by atoms with Gasteiger partial charge in [-0.2, -0.15) is 0 Å². The van der Waals surface area contributed by atoms with Crippen LogP contribution in [-0.4, -0.2) is 42.4 Å². The summed E-state index contributed by atoms with van der Waals surface area (Å²) in [5, 5.41) is 6.02. The average molecular weight is 315 g/mol. The van der Waals surface area contributed by atoms with E-state index in [9.17, 15) is 9.59 Å². The fourth-order valence-corrected chi connectivity index (χ4v) is 2.65. The minimum atomic E-state index is -0.414. The topological polar surface area (TPSA) is 61.4 Å². The highest BCUT2D eigenvalue weighted by atomic mass is 16.2. The van der Waals surface area contributed by atoms with E-state index in [1.165, 1.54) is 0 Å². The van der Waals surface area contributed by atoms with E-state index in [1.807, 2.05) is 41.3 Å². The first-order valence-corrected chi connectivity index (χ1v) is 8.14. The van der Waals surface area contributed by atoms with Crippen LogP contribution < -0.4 is 10.6 Å². The van der Waals surface area contributed by atoms with Crippen LogP contribution in [0.5, 0.6) is 0 Å². The SMILES string of the molecule is C=CCCCN1CCNC(CC(=O)NCc2ccccc2)C1=O. The van der Waals surface area contributed by atoms with E-state index in [2.05, 4.69) is 17.2 Å². The van der Waals surface area contributed by atoms with Gasteiger partial charge in [-0.25, -0.2) is 0 Å². The Morgan fingerprint density at radius 3 is 2.91 bits per heavy atom. The minimum absolute atomic E-state index is 0.0233. The number of hydrogen-bond donors (Lipinski definition) is 2. The zero-order chi connectivity index (χ0) is 16.5. The van der Waals surface area contributed by atoms with Crippen molar-refractivity contribution in [2.24, 2.45) is 0 Å². The summed E-state index contributed by atoms with van der Waals surface area (Å²) in [4.78, 5) is 26.3. The van der Waals surface area contributed by atoms with Crippen molar-refractivity contribution in [3.05, 3.63) is 48.6 Å². The summed E-state index contributed by atoms with van der Waals surface area (Å²) in [6.45, 7) is 6.35. The molecule has 1 unspecified atom stereocenters. The van der Waals surface area contributed by atoms with Crippen LogP contribution in [0.4, 0.5) is 0 Å². The van der Waals surface area contributed by atoms with E-state index < -0.39 is 6.04 Å². The molecule has 0 aromatic heterocycles. The highest BCUT2D eigenvalue weighted by molar-refractivity contribution is 5.88. The summed E-state index contributed by atoms with van der Waals surface area (Å²) < 4.78 is 0. The normalized spacial score (nSPS) is 17.8. The lowest BCUT2D eigenvalue weighted by Gasteiger charge is -2.33. The maximum atomic E-state index is 12.4. The summed E-state index contributed by atoms with van der Waals surface area (Å²) in [6.07, 6.45) is 3.87. The zero-order valence-electron chi connectivity index (χ0n) is 13.5. The van der Waals surface area contributed by atoms with Crippen LogP contribution in [0.1, 0.15) is 24.8 Å². The van der Waals surface area contributed by atoms with Crippen molar-refractivity contribution < 1.29 is 9.59 Å². The van der Waals surface area contributed by atoms with Crippen LogP contribution in [0.15, 0.2) is 43.0 Å². The second kappa shape index (κ2) is 9.10. The van der Waals surface area contributed by atoms with E-state index in [-0.39, 0.29) is 18.2 Å². The van der Waals surface area contributed by atoms with Gasteiger partial charge in [0.2, 0.25) is 11.8 Å². The van der Waals surface area contributed by atoms with Gasteiger partial charge in [0.25, 0.3) is 0 Å². The Balaban J connectivity index is 1.77. The maximum Gasteiger partial charge on any atom is 0.240 e. The van der Waals surface area contributed by atoms with Gasteiger partial charge in [0.1, 0.15) is 0 Å². The number of nitrogens with one attached hydrogen (secondary N) is 2. The Bertz CT molecular complexity index is 530. The first-order chi connectivity index (χ1) is 11.2. The van der Waals surface area contributed by atoms with Crippen LogP contribution >= 0.6 is 0 Å². The summed E-state index contributed by atoms with van der Waals surface area (Å²) in [7, 11) is 0. The van der Waals surface area contributed by atoms with E-state index in [0.29, 0.717) is 13.1 Å². The van der Waals surface area contributed by atoms with Crippen LogP contribution in [0.3, 0.4) is 0 Å². The molecule has 1 saturated heterocycles. The molecule has 2 rings (SSSR count). The van der Waals surface area contributed by atoms with Crippen LogP contribution in [0, 0.1) is 0 Å². The molecule has 0 bridgehead atoms. The van der Waals surface area contributed by atoms with Crippen molar-refractivity contribution in [3.63, 3.8) is 0 Å². The lowest BCUT2D eigenvalue weighted by atomic mass is 10.1. The number of carbonyl (C=O) groups excluding carboxylic acids is 2. The number of rotatable bonds is 8. The number of benzene rings is 1. The number of nitrogens with zero attached hydrogens (tertiary/aromatic N) is 1. The molecule has 2 amide bonds. The molecule has 1 heterocycles. The summed E-state index contributed by atoms with van der Waals surface area (Å²) in [5.41, 5.74) is 1.05. The highest BCUT2D eigenvalue weighted by Gasteiger charge is 2.29. The second-order valence-corrected chi connectivity index (χ2v) is 5.73. The van der Waals surface area contributed by atoms with Gasteiger partial charge in [0.05, 0.1) is 12.5 Å². The van der Waals surface area contributed by atoms with Gasteiger partial charge in [0, 0.05) is 26.2 Å². The molecule has 1 aromatic carbocycles. The molecule has 124 valence electrons. The molecule has 1 fully saturated rings. The lowest BCUT2D eigenvalue weighted by Crippen LogP contribution is -2.56. The molecule has 5 heteroatoms. The molecule has 0 saturated carbocycles. The third-order valence-electron chi connectivity index (χ3n) is 3.94. The molecule has 23 heavy (non-hydrogen) atoms. The van der Waals surface area contributed by atoms with Gasteiger partial charge in [-0.05, 0) is 18.4 Å². The molecular formula is C18H25N3O2. The van der Waals surface area contributed by atoms with E-state index in [4.69, 9.17) is 0 Å². The Hall–Kier alpha value is -2.14. The van der Waals surface area contributed by atoms with Crippen molar-refractivity contribution >= 4 is 11.8 Å². The van der Waals surface area contributed by atoms with Gasteiger partial charge in [-0.1, -0.05) is 36.4 Å². The van der Waals surface area contributed by atoms with Gasteiger partial charge in [-0.15, -0.1) is 6.58 Å². The third kappa shape index (κ3) is 5.53. The average Bonchev–Trinajstić information content (AvgIpc) is 2.57. The van der Waals surface area contributed by atoms with E-state index in [1.54, 1.807) is 0 Å². The summed E-state index contributed by atoms with van der Waals surface area (Å²) in [6, 6.07) is 9.33. The van der Waals surface area contributed by atoms with Gasteiger partial charge in [-0.3, -0.25) is 9.59 Å². The number of piperazine rings is 1. The van der Waals surface area contributed by atoms with Crippen LogP contribution in [-0.2, 0) is 16.1 Å². The molecule has 0 aliphatic carbocycles. The number of allylic oxidation sites excluding steroid dienone is 1. The molecule has 1 aromatic rings. The molecule has 1 atom stereocenters. The number of hydrogen-bond acceptors (Lipinski definition) is 3. The molecular weight excluding hydrogens is 290 g/mol. The number of carbonyl (C=O) groups is 2. The minimum Gasteiger partial charge on any atom is -0.352 e. The monoisotopic (exact) mass is 315 g/mol. The fourth-order valence-electron chi connectivity index (χ4n) is 2.65. The predicted octanol–water partition coefficient (Wildman–Crippen LogP) is 1.46. The van der Waals surface area contributed by atoms with Crippen molar-refractivity contribution in [3.8, 4) is 0 Å². The fraction of sp³-hybridized carbons (Fsp3) is 0.444. The van der Waals surface area contributed by atoms with Gasteiger partial charge >= 0.3 is 0 Å². The number of unbranched alkanes of at least 4 members (excludes halogenated alkanes) is 1. The van der Waals surface area contributed by atoms with E-state index in [0.717, 1.165) is 31.5 Å².